The van der Waals surface area contributed by atoms with E-state index >= 15 is 0 Å². The molecule has 0 aromatic heterocycles. The van der Waals surface area contributed by atoms with Crippen LogP contribution in [0.15, 0.2) is 42.5 Å². The molecule has 0 unspecified atom stereocenters. The van der Waals surface area contributed by atoms with Crippen LogP contribution in [0.5, 0.6) is 0 Å². The van der Waals surface area contributed by atoms with Crippen LogP contribution >= 0.6 is 23.2 Å². The first-order valence-electron chi connectivity index (χ1n) is 10.4. The summed E-state index contributed by atoms with van der Waals surface area (Å²) in [5, 5.41) is 4.01. The topological polar surface area (TPSA) is 52.7 Å². The number of carbonyl (C=O) groups excluding carboxylic acids is 2. The second-order valence-corrected chi connectivity index (χ2v) is 8.79. The number of nitrogens with zero attached hydrogens (tertiary/aromatic N) is 2. The van der Waals surface area contributed by atoms with Crippen molar-refractivity contribution in [2.75, 3.05) is 23.3 Å². The Hall–Kier alpha value is -2.24. The SMILES string of the molecule is O=C(Nc1cccc(N2CCCN(Cc3ccc(Cl)c(Cl)c3)C2=O)c1)C1CCCC1. The summed E-state index contributed by atoms with van der Waals surface area (Å²) in [6.07, 6.45) is 5.02. The maximum absolute atomic E-state index is 13.1. The molecule has 4 rings (SSSR count). The van der Waals surface area contributed by atoms with Crippen LogP contribution in [-0.2, 0) is 11.3 Å². The Bertz CT molecular complexity index is 944. The van der Waals surface area contributed by atoms with E-state index in [4.69, 9.17) is 23.2 Å². The van der Waals surface area contributed by atoms with E-state index in [1.54, 1.807) is 17.0 Å². The molecule has 30 heavy (non-hydrogen) atoms. The van der Waals surface area contributed by atoms with Crippen LogP contribution in [0.1, 0.15) is 37.7 Å². The maximum Gasteiger partial charge on any atom is 0.324 e. The summed E-state index contributed by atoms with van der Waals surface area (Å²) < 4.78 is 0. The number of hydrogen-bond acceptors (Lipinski definition) is 2. The fraction of sp³-hybridized carbons (Fsp3) is 0.391. The van der Waals surface area contributed by atoms with Gasteiger partial charge in [-0.25, -0.2) is 4.79 Å². The molecule has 0 spiro atoms. The van der Waals surface area contributed by atoms with Gasteiger partial charge in [0.2, 0.25) is 5.91 Å². The molecule has 1 aliphatic heterocycles. The second kappa shape index (κ2) is 9.27. The Labute approximate surface area is 186 Å². The minimum Gasteiger partial charge on any atom is -0.326 e. The van der Waals surface area contributed by atoms with Gasteiger partial charge < -0.3 is 10.2 Å². The number of nitrogens with one attached hydrogen (secondary N) is 1. The molecule has 2 aromatic carbocycles. The van der Waals surface area contributed by atoms with Crippen molar-refractivity contribution >= 4 is 46.5 Å². The predicted octanol–water partition coefficient (Wildman–Crippen LogP) is 5.95. The van der Waals surface area contributed by atoms with Gasteiger partial charge in [0.05, 0.1) is 10.0 Å². The van der Waals surface area contributed by atoms with E-state index in [-0.39, 0.29) is 17.9 Å². The van der Waals surface area contributed by atoms with Crippen molar-refractivity contribution in [1.82, 2.24) is 4.90 Å². The number of carbonyl (C=O) groups is 2. The van der Waals surface area contributed by atoms with Crippen LogP contribution in [0.4, 0.5) is 16.2 Å². The fourth-order valence-electron chi connectivity index (χ4n) is 4.21. The normalized spacial score (nSPS) is 17.5. The number of rotatable bonds is 5. The molecule has 158 valence electrons. The Morgan fingerprint density at radius 2 is 1.80 bits per heavy atom. The first kappa shape index (κ1) is 21.0. The second-order valence-electron chi connectivity index (χ2n) is 7.98. The van der Waals surface area contributed by atoms with Gasteiger partial charge in [0, 0.05) is 36.9 Å². The standard InChI is InChI=1S/C23H25Cl2N3O2/c24-20-10-9-16(13-21(20)25)15-27-11-4-12-28(23(27)30)19-8-3-7-18(14-19)26-22(29)17-5-1-2-6-17/h3,7-10,13-14,17H,1-2,4-6,11-12,15H2,(H,26,29). The van der Waals surface area contributed by atoms with Gasteiger partial charge in [0.15, 0.2) is 0 Å². The molecule has 1 saturated heterocycles. The molecule has 3 amide bonds. The number of benzene rings is 2. The predicted molar refractivity (Wildman–Crippen MR) is 121 cm³/mol. The quantitative estimate of drug-likeness (QED) is 0.617. The molecule has 0 atom stereocenters. The Kier molecular flexibility index (Phi) is 6.49. The molecule has 2 aromatic rings. The van der Waals surface area contributed by atoms with Crippen LogP contribution in [0.3, 0.4) is 0 Å². The first-order chi connectivity index (χ1) is 14.5. The van der Waals surface area contributed by atoms with Gasteiger partial charge in [-0.2, -0.15) is 0 Å². The lowest BCUT2D eigenvalue weighted by Gasteiger charge is -2.36. The number of amides is 3. The van der Waals surface area contributed by atoms with Crippen LogP contribution in [0.25, 0.3) is 0 Å². The summed E-state index contributed by atoms with van der Waals surface area (Å²) in [7, 11) is 0. The van der Waals surface area contributed by atoms with Crippen molar-refractivity contribution in [3.8, 4) is 0 Å². The zero-order valence-corrected chi connectivity index (χ0v) is 18.3. The van der Waals surface area contributed by atoms with Gasteiger partial charge in [-0.3, -0.25) is 9.69 Å². The van der Waals surface area contributed by atoms with E-state index in [0.29, 0.717) is 29.7 Å². The van der Waals surface area contributed by atoms with Crippen molar-refractivity contribution in [3.63, 3.8) is 0 Å². The lowest BCUT2D eigenvalue weighted by Crippen LogP contribution is -2.49. The van der Waals surface area contributed by atoms with Crippen molar-refractivity contribution in [2.45, 2.75) is 38.6 Å². The van der Waals surface area contributed by atoms with Crippen molar-refractivity contribution < 1.29 is 9.59 Å². The van der Waals surface area contributed by atoms with Crippen molar-refractivity contribution in [3.05, 3.63) is 58.1 Å². The van der Waals surface area contributed by atoms with Crippen LogP contribution in [0.2, 0.25) is 10.0 Å². The molecule has 1 N–H and O–H groups in total. The molecule has 1 heterocycles. The zero-order chi connectivity index (χ0) is 21.1. The maximum atomic E-state index is 13.1. The van der Waals surface area contributed by atoms with E-state index in [2.05, 4.69) is 5.32 Å². The Morgan fingerprint density at radius 3 is 2.57 bits per heavy atom. The lowest BCUT2D eigenvalue weighted by atomic mass is 10.1. The molecular formula is C23H25Cl2N3O2. The highest BCUT2D eigenvalue weighted by atomic mass is 35.5. The number of hydrogen-bond donors (Lipinski definition) is 1. The van der Waals surface area contributed by atoms with Crippen molar-refractivity contribution in [1.29, 1.82) is 0 Å². The van der Waals surface area contributed by atoms with Crippen LogP contribution < -0.4 is 10.2 Å². The fourth-order valence-corrected chi connectivity index (χ4v) is 4.53. The van der Waals surface area contributed by atoms with Gasteiger partial charge in [0.1, 0.15) is 0 Å². The molecule has 0 radical (unpaired) electrons. The third kappa shape index (κ3) is 4.73. The lowest BCUT2D eigenvalue weighted by molar-refractivity contribution is -0.119. The van der Waals surface area contributed by atoms with E-state index in [0.717, 1.165) is 49.0 Å². The smallest absolute Gasteiger partial charge is 0.324 e. The molecular weight excluding hydrogens is 421 g/mol. The molecule has 2 fully saturated rings. The largest absolute Gasteiger partial charge is 0.326 e. The Morgan fingerprint density at radius 1 is 1.00 bits per heavy atom. The van der Waals surface area contributed by atoms with E-state index in [1.165, 1.54) is 0 Å². The number of halogens is 2. The summed E-state index contributed by atoms with van der Waals surface area (Å²) >= 11 is 12.1. The molecule has 1 aliphatic carbocycles. The zero-order valence-electron chi connectivity index (χ0n) is 16.7. The van der Waals surface area contributed by atoms with Gasteiger partial charge in [-0.1, -0.05) is 48.2 Å². The minimum absolute atomic E-state index is 0.0495. The average molecular weight is 446 g/mol. The number of urea groups is 1. The summed E-state index contributed by atoms with van der Waals surface area (Å²) in [6, 6.07) is 12.9. The van der Waals surface area contributed by atoms with Crippen molar-refractivity contribution in [2.24, 2.45) is 5.92 Å². The first-order valence-corrected chi connectivity index (χ1v) is 11.2. The van der Waals surface area contributed by atoms with Crippen LogP contribution in [0, 0.1) is 5.92 Å². The molecule has 0 bridgehead atoms. The molecule has 7 heteroatoms. The summed E-state index contributed by atoms with van der Waals surface area (Å²) in [6.45, 7) is 1.81. The van der Waals surface area contributed by atoms with Gasteiger partial charge in [-0.05, 0) is 55.2 Å². The Balaban J connectivity index is 1.45. The van der Waals surface area contributed by atoms with E-state index in [1.807, 2.05) is 35.2 Å². The minimum atomic E-state index is -0.0495. The monoisotopic (exact) mass is 445 g/mol. The summed E-state index contributed by atoms with van der Waals surface area (Å²) in [5.41, 5.74) is 2.47. The van der Waals surface area contributed by atoms with Gasteiger partial charge >= 0.3 is 6.03 Å². The number of anilines is 2. The average Bonchev–Trinajstić information content (AvgIpc) is 3.28. The van der Waals surface area contributed by atoms with Crippen LogP contribution in [-0.4, -0.2) is 29.9 Å². The molecule has 1 saturated carbocycles. The highest BCUT2D eigenvalue weighted by Gasteiger charge is 2.27. The summed E-state index contributed by atoms with van der Waals surface area (Å²) in [5.74, 6) is 0.183. The van der Waals surface area contributed by atoms with E-state index < -0.39 is 0 Å². The van der Waals surface area contributed by atoms with Gasteiger partial charge in [0.25, 0.3) is 0 Å². The third-order valence-corrected chi connectivity index (χ3v) is 6.56. The summed E-state index contributed by atoms with van der Waals surface area (Å²) in [4.78, 5) is 29.2. The highest BCUT2D eigenvalue weighted by molar-refractivity contribution is 6.42. The molecule has 5 nitrogen and oxygen atoms in total. The van der Waals surface area contributed by atoms with Gasteiger partial charge in [-0.15, -0.1) is 0 Å². The van der Waals surface area contributed by atoms with E-state index in [9.17, 15) is 9.59 Å². The third-order valence-electron chi connectivity index (χ3n) is 5.82. The molecule has 2 aliphatic rings. The highest BCUT2D eigenvalue weighted by Crippen LogP contribution is 2.29.